The number of nitrogens with one attached hydrogen (secondary N) is 2. The zero-order valence-electron chi connectivity index (χ0n) is 11.4. The van der Waals surface area contributed by atoms with Crippen molar-refractivity contribution in [1.29, 1.82) is 0 Å². The van der Waals surface area contributed by atoms with E-state index in [0.717, 1.165) is 24.9 Å². The number of benzene rings is 1. The van der Waals surface area contributed by atoms with E-state index < -0.39 is 6.04 Å². The lowest BCUT2D eigenvalue weighted by Crippen LogP contribution is -2.35. The first kappa shape index (κ1) is 15.6. The van der Waals surface area contributed by atoms with Crippen molar-refractivity contribution in [2.75, 3.05) is 18.9 Å². The van der Waals surface area contributed by atoms with Gasteiger partial charge in [-0.3, -0.25) is 4.79 Å². The Kier molecular flexibility index (Phi) is 7.10. The molecule has 0 aliphatic heterocycles. The fraction of sp³-hybridized carbons (Fsp3) is 0.500. The van der Waals surface area contributed by atoms with Gasteiger partial charge in [0.05, 0.1) is 12.6 Å². The second-order valence-electron chi connectivity index (χ2n) is 4.55. The van der Waals surface area contributed by atoms with Crippen molar-refractivity contribution in [2.24, 2.45) is 5.73 Å². The molecule has 19 heavy (non-hydrogen) atoms. The minimum Gasteiger partial charge on any atom is -0.392 e. The van der Waals surface area contributed by atoms with Gasteiger partial charge >= 0.3 is 0 Å². The van der Waals surface area contributed by atoms with Gasteiger partial charge in [0.25, 0.3) is 0 Å². The Balaban J connectivity index is 2.36. The Morgan fingerprint density at radius 1 is 1.32 bits per heavy atom. The van der Waals surface area contributed by atoms with Gasteiger partial charge in [-0.25, -0.2) is 0 Å². The van der Waals surface area contributed by atoms with Crippen molar-refractivity contribution in [2.45, 2.75) is 31.9 Å². The molecule has 0 bridgehead atoms. The summed E-state index contributed by atoms with van der Waals surface area (Å²) in [6.07, 6.45) is 2.63. The lowest BCUT2D eigenvalue weighted by Gasteiger charge is -2.12. The number of aliphatic hydroxyl groups is 1. The van der Waals surface area contributed by atoms with Gasteiger partial charge in [0, 0.05) is 5.69 Å². The molecule has 0 fully saturated rings. The van der Waals surface area contributed by atoms with E-state index in [4.69, 9.17) is 10.8 Å². The van der Waals surface area contributed by atoms with Crippen LogP contribution in [0.2, 0.25) is 0 Å². The second-order valence-corrected chi connectivity index (χ2v) is 4.55. The molecule has 1 aromatic rings. The van der Waals surface area contributed by atoms with Crippen LogP contribution in [0.5, 0.6) is 0 Å². The number of carbonyl (C=O) groups is 1. The minimum absolute atomic E-state index is 0.000789. The number of aliphatic hydroxyl groups excluding tert-OH is 1. The SMILES string of the molecule is CNCCCCC(N)C(=O)Nc1ccc(CO)cc1. The molecule has 0 saturated heterocycles. The normalized spacial score (nSPS) is 12.2. The Morgan fingerprint density at radius 3 is 2.58 bits per heavy atom. The van der Waals surface area contributed by atoms with Gasteiger partial charge < -0.3 is 21.5 Å². The van der Waals surface area contributed by atoms with Gasteiger partial charge in [0.1, 0.15) is 0 Å². The lowest BCUT2D eigenvalue weighted by molar-refractivity contribution is -0.117. The van der Waals surface area contributed by atoms with E-state index in [1.165, 1.54) is 0 Å². The van der Waals surface area contributed by atoms with E-state index in [1.54, 1.807) is 24.3 Å². The molecule has 0 spiro atoms. The summed E-state index contributed by atoms with van der Waals surface area (Å²) in [6.45, 7) is 0.941. The van der Waals surface area contributed by atoms with Crippen LogP contribution in [0.1, 0.15) is 24.8 Å². The molecular weight excluding hydrogens is 242 g/mol. The van der Waals surface area contributed by atoms with Crippen molar-refractivity contribution in [3.05, 3.63) is 29.8 Å². The first-order valence-electron chi connectivity index (χ1n) is 6.58. The average molecular weight is 265 g/mol. The molecule has 1 atom stereocenters. The first-order valence-corrected chi connectivity index (χ1v) is 6.58. The number of unbranched alkanes of at least 4 members (excludes halogenated alkanes) is 1. The predicted octanol–water partition coefficient (Wildman–Crippen LogP) is 0.834. The standard InChI is InChI=1S/C14H23N3O2/c1-16-9-3-2-4-13(15)14(19)17-12-7-5-11(10-18)6-8-12/h5-8,13,16,18H,2-4,9-10,15H2,1H3,(H,17,19). The van der Waals surface area contributed by atoms with Gasteiger partial charge in [-0.2, -0.15) is 0 Å². The third kappa shape index (κ3) is 5.83. The smallest absolute Gasteiger partial charge is 0.241 e. The predicted molar refractivity (Wildman–Crippen MR) is 76.7 cm³/mol. The van der Waals surface area contributed by atoms with Crippen LogP contribution in [0.15, 0.2) is 24.3 Å². The molecule has 1 unspecified atom stereocenters. The molecule has 0 aromatic heterocycles. The van der Waals surface area contributed by atoms with Crippen LogP contribution < -0.4 is 16.4 Å². The summed E-state index contributed by atoms with van der Waals surface area (Å²) >= 11 is 0. The summed E-state index contributed by atoms with van der Waals surface area (Å²) in [4.78, 5) is 11.8. The molecule has 1 amide bonds. The van der Waals surface area contributed by atoms with E-state index in [2.05, 4.69) is 10.6 Å². The molecule has 0 radical (unpaired) electrons. The molecule has 5 N–H and O–H groups in total. The fourth-order valence-electron chi connectivity index (χ4n) is 1.73. The average Bonchev–Trinajstić information content (AvgIpc) is 2.44. The number of nitrogens with two attached hydrogens (primary N) is 1. The number of carbonyl (C=O) groups excluding carboxylic acids is 1. The zero-order valence-corrected chi connectivity index (χ0v) is 11.4. The Hall–Kier alpha value is -1.43. The zero-order chi connectivity index (χ0) is 14.1. The van der Waals surface area contributed by atoms with E-state index in [0.29, 0.717) is 12.1 Å². The van der Waals surface area contributed by atoms with Crippen LogP contribution in [-0.4, -0.2) is 30.6 Å². The highest BCUT2D eigenvalue weighted by Gasteiger charge is 2.12. The van der Waals surface area contributed by atoms with Gasteiger partial charge in [-0.1, -0.05) is 18.6 Å². The van der Waals surface area contributed by atoms with Crippen LogP contribution in [0.3, 0.4) is 0 Å². The third-order valence-electron chi connectivity index (χ3n) is 2.93. The minimum atomic E-state index is -0.477. The highest BCUT2D eigenvalue weighted by Crippen LogP contribution is 2.10. The third-order valence-corrected chi connectivity index (χ3v) is 2.93. The molecule has 0 saturated carbocycles. The summed E-state index contributed by atoms with van der Waals surface area (Å²) in [5.41, 5.74) is 7.35. The van der Waals surface area contributed by atoms with Gasteiger partial charge in [0.2, 0.25) is 5.91 Å². The van der Waals surface area contributed by atoms with Crippen LogP contribution in [-0.2, 0) is 11.4 Å². The topological polar surface area (TPSA) is 87.4 Å². The molecular formula is C14H23N3O2. The fourth-order valence-corrected chi connectivity index (χ4v) is 1.73. The highest BCUT2D eigenvalue weighted by atomic mass is 16.3. The number of rotatable bonds is 8. The van der Waals surface area contributed by atoms with Gasteiger partial charge in [0.15, 0.2) is 0 Å². The molecule has 1 rings (SSSR count). The van der Waals surface area contributed by atoms with Gasteiger partial charge in [-0.05, 0) is 44.1 Å². The molecule has 5 nitrogen and oxygen atoms in total. The molecule has 0 heterocycles. The maximum atomic E-state index is 11.8. The van der Waals surface area contributed by atoms with E-state index in [9.17, 15) is 4.79 Å². The van der Waals surface area contributed by atoms with Crippen LogP contribution in [0.4, 0.5) is 5.69 Å². The second kappa shape index (κ2) is 8.63. The molecule has 5 heteroatoms. The number of hydrogen-bond donors (Lipinski definition) is 4. The maximum absolute atomic E-state index is 11.8. The van der Waals surface area contributed by atoms with Crippen LogP contribution in [0, 0.1) is 0 Å². The summed E-state index contributed by atoms with van der Waals surface area (Å²) in [7, 11) is 1.91. The van der Waals surface area contributed by atoms with Crippen molar-refractivity contribution in [1.82, 2.24) is 5.32 Å². The van der Waals surface area contributed by atoms with E-state index >= 15 is 0 Å². The van der Waals surface area contributed by atoms with Crippen molar-refractivity contribution in [3.63, 3.8) is 0 Å². The Morgan fingerprint density at radius 2 is 2.00 bits per heavy atom. The lowest BCUT2D eigenvalue weighted by atomic mass is 10.1. The molecule has 1 aromatic carbocycles. The van der Waals surface area contributed by atoms with Crippen molar-refractivity contribution >= 4 is 11.6 Å². The van der Waals surface area contributed by atoms with Crippen molar-refractivity contribution in [3.8, 4) is 0 Å². The largest absolute Gasteiger partial charge is 0.392 e. The van der Waals surface area contributed by atoms with Crippen LogP contribution >= 0.6 is 0 Å². The van der Waals surface area contributed by atoms with E-state index in [1.807, 2.05) is 7.05 Å². The Bertz CT molecular complexity index is 379. The summed E-state index contributed by atoms with van der Waals surface area (Å²) in [5, 5.41) is 14.8. The summed E-state index contributed by atoms with van der Waals surface area (Å²) in [5.74, 6) is -0.166. The molecule has 0 aliphatic carbocycles. The number of anilines is 1. The monoisotopic (exact) mass is 265 g/mol. The first-order chi connectivity index (χ1) is 9.17. The Labute approximate surface area is 114 Å². The number of amides is 1. The van der Waals surface area contributed by atoms with Crippen LogP contribution in [0.25, 0.3) is 0 Å². The summed E-state index contributed by atoms with van der Waals surface area (Å²) in [6, 6.07) is 6.59. The summed E-state index contributed by atoms with van der Waals surface area (Å²) < 4.78 is 0. The molecule has 0 aliphatic rings. The van der Waals surface area contributed by atoms with E-state index in [-0.39, 0.29) is 12.5 Å². The quantitative estimate of drug-likeness (QED) is 0.524. The molecule has 106 valence electrons. The van der Waals surface area contributed by atoms with Crippen molar-refractivity contribution < 1.29 is 9.90 Å². The maximum Gasteiger partial charge on any atom is 0.241 e. The highest BCUT2D eigenvalue weighted by molar-refractivity contribution is 5.94. The van der Waals surface area contributed by atoms with Gasteiger partial charge in [-0.15, -0.1) is 0 Å². The number of hydrogen-bond acceptors (Lipinski definition) is 4.